The van der Waals surface area contributed by atoms with Gasteiger partial charge in [-0.05, 0) is 30.5 Å². The molecule has 8 nitrogen and oxygen atoms in total. The molecule has 10 heteroatoms. The number of carbonyl (C=O) groups is 2. The van der Waals surface area contributed by atoms with Crippen molar-refractivity contribution >= 4 is 34.2 Å². The SMILES string of the molecule is CC(C)C(N)CCN(C)C(=O)c1cccc(S(=O)(=O)N2CCNC(=O)C2)c1.Cl. The number of benzene rings is 1. The quantitative estimate of drug-likeness (QED) is 0.657. The summed E-state index contributed by atoms with van der Waals surface area (Å²) in [5, 5.41) is 2.59. The summed E-state index contributed by atoms with van der Waals surface area (Å²) in [7, 11) is -2.16. The molecule has 1 aromatic carbocycles. The average Bonchev–Trinajstić information content (AvgIpc) is 2.65. The molecule has 1 atom stereocenters. The maximum atomic E-state index is 12.8. The molecule has 28 heavy (non-hydrogen) atoms. The Balaban J connectivity index is 0.00000392. The number of carbonyl (C=O) groups excluding carboxylic acids is 2. The molecule has 1 aliphatic rings. The van der Waals surface area contributed by atoms with Gasteiger partial charge in [-0.25, -0.2) is 8.42 Å². The number of sulfonamides is 1. The highest BCUT2D eigenvalue weighted by Gasteiger charge is 2.29. The van der Waals surface area contributed by atoms with Gasteiger partial charge in [-0.2, -0.15) is 4.31 Å². The van der Waals surface area contributed by atoms with Crippen LogP contribution in [0.2, 0.25) is 0 Å². The second kappa shape index (κ2) is 10.2. The fourth-order valence-corrected chi connectivity index (χ4v) is 4.20. The first-order chi connectivity index (χ1) is 12.6. The van der Waals surface area contributed by atoms with Crippen LogP contribution >= 0.6 is 12.4 Å². The van der Waals surface area contributed by atoms with E-state index in [0.29, 0.717) is 18.9 Å². The van der Waals surface area contributed by atoms with Crippen molar-refractivity contribution in [3.63, 3.8) is 0 Å². The van der Waals surface area contributed by atoms with Crippen molar-refractivity contribution in [2.24, 2.45) is 11.7 Å². The first-order valence-corrected chi connectivity index (χ1v) is 10.4. The lowest BCUT2D eigenvalue weighted by molar-refractivity contribution is -0.122. The predicted molar refractivity (Wildman–Crippen MR) is 110 cm³/mol. The average molecular weight is 433 g/mol. The van der Waals surface area contributed by atoms with Crippen molar-refractivity contribution in [1.82, 2.24) is 14.5 Å². The monoisotopic (exact) mass is 432 g/mol. The molecule has 2 amide bonds. The minimum absolute atomic E-state index is 0. The molecule has 0 aliphatic carbocycles. The predicted octanol–water partition coefficient (Wildman–Crippen LogP) is 0.674. The summed E-state index contributed by atoms with van der Waals surface area (Å²) in [5.74, 6) is -0.276. The Morgan fingerprint density at radius 3 is 2.64 bits per heavy atom. The standard InChI is InChI=1S/C18H28N4O4S.ClH/c1-13(2)16(19)7-9-21(3)18(24)14-5-4-6-15(11-14)27(25,26)22-10-8-20-17(23)12-22;/h4-6,11,13,16H,7-10,12,19H2,1-3H3,(H,20,23);1H. The highest BCUT2D eigenvalue weighted by atomic mass is 35.5. The van der Waals surface area contributed by atoms with Gasteiger partial charge in [-0.3, -0.25) is 9.59 Å². The number of hydrogen-bond donors (Lipinski definition) is 2. The number of amides is 2. The van der Waals surface area contributed by atoms with Gasteiger partial charge in [0.2, 0.25) is 15.9 Å². The van der Waals surface area contributed by atoms with Crippen molar-refractivity contribution in [2.45, 2.75) is 31.2 Å². The summed E-state index contributed by atoms with van der Waals surface area (Å²) in [6.45, 7) is 4.81. The molecule has 2 rings (SSSR count). The molecule has 0 radical (unpaired) electrons. The zero-order valence-electron chi connectivity index (χ0n) is 16.4. The first-order valence-electron chi connectivity index (χ1n) is 9.01. The molecule has 0 saturated carbocycles. The van der Waals surface area contributed by atoms with Gasteiger partial charge in [0.05, 0.1) is 11.4 Å². The van der Waals surface area contributed by atoms with Crippen LogP contribution in [0.25, 0.3) is 0 Å². The van der Waals surface area contributed by atoms with E-state index in [0.717, 1.165) is 4.31 Å². The van der Waals surface area contributed by atoms with E-state index in [4.69, 9.17) is 5.73 Å². The van der Waals surface area contributed by atoms with Crippen LogP contribution in [0.15, 0.2) is 29.2 Å². The highest BCUT2D eigenvalue weighted by Crippen LogP contribution is 2.19. The Bertz CT molecular complexity index is 801. The molecule has 1 fully saturated rings. The third kappa shape index (κ3) is 5.91. The van der Waals surface area contributed by atoms with Crippen LogP contribution in [0.1, 0.15) is 30.6 Å². The van der Waals surface area contributed by atoms with E-state index in [1.54, 1.807) is 18.0 Å². The van der Waals surface area contributed by atoms with Crippen LogP contribution in [-0.4, -0.2) is 68.7 Å². The van der Waals surface area contributed by atoms with E-state index in [9.17, 15) is 18.0 Å². The second-order valence-electron chi connectivity index (χ2n) is 7.14. The number of nitrogens with one attached hydrogen (secondary N) is 1. The molecule has 0 aromatic heterocycles. The molecule has 3 N–H and O–H groups in total. The van der Waals surface area contributed by atoms with Crippen LogP contribution < -0.4 is 11.1 Å². The Kier molecular flexibility index (Phi) is 8.87. The lowest BCUT2D eigenvalue weighted by Crippen LogP contribution is -2.49. The summed E-state index contributed by atoms with van der Waals surface area (Å²) < 4.78 is 26.7. The number of piperazine rings is 1. The molecular formula is C18H29ClN4O4S. The second-order valence-corrected chi connectivity index (χ2v) is 9.08. The van der Waals surface area contributed by atoms with Gasteiger partial charge in [0.25, 0.3) is 5.91 Å². The third-order valence-corrected chi connectivity index (χ3v) is 6.56. The third-order valence-electron chi connectivity index (χ3n) is 4.72. The van der Waals surface area contributed by atoms with Crippen LogP contribution in [0, 0.1) is 5.92 Å². The Hall–Kier alpha value is -1.68. The number of rotatable bonds is 7. The van der Waals surface area contributed by atoms with Crippen molar-refractivity contribution in [3.8, 4) is 0 Å². The minimum atomic E-state index is -3.83. The fourth-order valence-electron chi connectivity index (χ4n) is 2.76. The van der Waals surface area contributed by atoms with Gasteiger partial charge in [-0.15, -0.1) is 12.4 Å². The van der Waals surface area contributed by atoms with Gasteiger partial charge in [0, 0.05) is 38.3 Å². The van der Waals surface area contributed by atoms with Gasteiger partial charge >= 0.3 is 0 Å². The van der Waals surface area contributed by atoms with Crippen molar-refractivity contribution in [2.75, 3.05) is 33.2 Å². The van der Waals surface area contributed by atoms with E-state index in [1.165, 1.54) is 18.2 Å². The molecule has 1 unspecified atom stereocenters. The van der Waals surface area contributed by atoms with Crippen LogP contribution in [0.5, 0.6) is 0 Å². The van der Waals surface area contributed by atoms with Gasteiger partial charge < -0.3 is 16.0 Å². The molecule has 158 valence electrons. The number of halogens is 1. The Morgan fingerprint density at radius 2 is 2.04 bits per heavy atom. The summed E-state index contributed by atoms with van der Waals surface area (Å²) in [6.07, 6.45) is 0.667. The zero-order chi connectivity index (χ0) is 20.2. The van der Waals surface area contributed by atoms with Gasteiger partial charge in [0.15, 0.2) is 0 Å². The van der Waals surface area contributed by atoms with E-state index < -0.39 is 10.0 Å². The first kappa shape index (κ1) is 24.4. The highest BCUT2D eigenvalue weighted by molar-refractivity contribution is 7.89. The molecule has 0 spiro atoms. The van der Waals surface area contributed by atoms with Crippen LogP contribution in [-0.2, 0) is 14.8 Å². The number of nitrogens with zero attached hydrogens (tertiary/aromatic N) is 2. The van der Waals surface area contributed by atoms with Crippen molar-refractivity contribution in [3.05, 3.63) is 29.8 Å². The van der Waals surface area contributed by atoms with Gasteiger partial charge in [0.1, 0.15) is 0 Å². The van der Waals surface area contributed by atoms with Crippen molar-refractivity contribution < 1.29 is 18.0 Å². The van der Waals surface area contributed by atoms with Crippen LogP contribution in [0.4, 0.5) is 0 Å². The molecule has 1 aromatic rings. The van der Waals surface area contributed by atoms with Gasteiger partial charge in [-0.1, -0.05) is 19.9 Å². The molecule has 0 bridgehead atoms. The Morgan fingerprint density at radius 1 is 1.36 bits per heavy atom. The normalized spacial score (nSPS) is 16.2. The molecule has 1 aliphatic heterocycles. The summed E-state index contributed by atoms with van der Waals surface area (Å²) in [5.41, 5.74) is 6.31. The summed E-state index contributed by atoms with van der Waals surface area (Å²) in [4.78, 5) is 25.7. The van der Waals surface area contributed by atoms with E-state index >= 15 is 0 Å². The van der Waals surface area contributed by atoms with Crippen molar-refractivity contribution in [1.29, 1.82) is 0 Å². The molecule has 1 saturated heterocycles. The number of hydrogen-bond acceptors (Lipinski definition) is 5. The lowest BCUT2D eigenvalue weighted by atomic mass is 10.0. The fraction of sp³-hybridized carbons (Fsp3) is 0.556. The van der Waals surface area contributed by atoms with E-state index in [2.05, 4.69) is 5.32 Å². The molecule has 1 heterocycles. The summed E-state index contributed by atoms with van der Waals surface area (Å²) in [6, 6.07) is 5.93. The largest absolute Gasteiger partial charge is 0.354 e. The smallest absolute Gasteiger partial charge is 0.253 e. The lowest BCUT2D eigenvalue weighted by Gasteiger charge is -2.26. The maximum Gasteiger partial charge on any atom is 0.253 e. The summed E-state index contributed by atoms with van der Waals surface area (Å²) >= 11 is 0. The zero-order valence-corrected chi connectivity index (χ0v) is 18.1. The maximum absolute atomic E-state index is 12.8. The Labute approximate surface area is 172 Å². The molecular weight excluding hydrogens is 404 g/mol. The van der Waals surface area contributed by atoms with Crippen LogP contribution in [0.3, 0.4) is 0 Å². The van der Waals surface area contributed by atoms with E-state index in [1.807, 2.05) is 13.8 Å². The topological polar surface area (TPSA) is 113 Å². The van der Waals surface area contributed by atoms with E-state index in [-0.39, 0.29) is 60.4 Å². The minimum Gasteiger partial charge on any atom is -0.354 e. The number of nitrogens with two attached hydrogens (primary N) is 1.